The molecule has 1 N–H and O–H groups in total. The first kappa shape index (κ1) is 14.0. The first-order chi connectivity index (χ1) is 9.39. The monoisotopic (exact) mass is 280 g/mol. The van der Waals surface area contributed by atoms with Crippen molar-refractivity contribution < 1.29 is 14.2 Å². The van der Waals surface area contributed by atoms with E-state index in [1.165, 1.54) is 6.42 Å². The maximum atomic E-state index is 6.02. The normalized spacial score (nSPS) is 29.7. The van der Waals surface area contributed by atoms with Gasteiger partial charge in [-0.25, -0.2) is 0 Å². The molecule has 2 aliphatic rings. The summed E-state index contributed by atoms with van der Waals surface area (Å²) in [5.41, 5.74) is 1.16. The minimum Gasteiger partial charge on any atom is -0.372 e. The van der Waals surface area contributed by atoms with Crippen LogP contribution >= 0.6 is 0 Å². The van der Waals surface area contributed by atoms with Gasteiger partial charge in [0.05, 0.1) is 22.6 Å². The standard InChI is InChI=1S/C15H24N2O3/c1-14(2)15(3,4)20-13(19-14)11-9-10(16-17-11)12-7-5-6-8-18-12/h9,12-13H,5-8H2,1-4H3,(H,16,17). The summed E-state index contributed by atoms with van der Waals surface area (Å²) < 4.78 is 17.8. The highest BCUT2D eigenvalue weighted by Crippen LogP contribution is 2.44. The van der Waals surface area contributed by atoms with Gasteiger partial charge in [-0.3, -0.25) is 5.10 Å². The molecule has 2 aliphatic heterocycles. The minimum absolute atomic E-state index is 0.108. The van der Waals surface area contributed by atoms with E-state index in [9.17, 15) is 0 Å². The molecule has 0 radical (unpaired) electrons. The Morgan fingerprint density at radius 3 is 2.45 bits per heavy atom. The predicted octanol–water partition coefficient (Wildman–Crippen LogP) is 3.25. The highest BCUT2D eigenvalue weighted by molar-refractivity contribution is 5.14. The number of ether oxygens (including phenoxy) is 3. The van der Waals surface area contributed by atoms with Crippen LogP contribution in [0.5, 0.6) is 0 Å². The summed E-state index contributed by atoms with van der Waals surface area (Å²) in [7, 11) is 0. The van der Waals surface area contributed by atoms with Crippen molar-refractivity contribution in [3.63, 3.8) is 0 Å². The highest BCUT2D eigenvalue weighted by atomic mass is 16.7. The third kappa shape index (κ3) is 2.38. The number of aromatic amines is 1. The Morgan fingerprint density at radius 2 is 1.85 bits per heavy atom. The van der Waals surface area contributed by atoms with E-state index in [1.54, 1.807) is 0 Å². The van der Waals surface area contributed by atoms with Crippen LogP contribution in [0, 0.1) is 0 Å². The van der Waals surface area contributed by atoms with Gasteiger partial charge in [0.1, 0.15) is 6.10 Å². The molecule has 0 spiro atoms. The highest BCUT2D eigenvalue weighted by Gasteiger charge is 2.50. The van der Waals surface area contributed by atoms with Gasteiger partial charge in [-0.15, -0.1) is 0 Å². The van der Waals surface area contributed by atoms with Gasteiger partial charge in [-0.2, -0.15) is 5.10 Å². The van der Waals surface area contributed by atoms with Gasteiger partial charge in [0, 0.05) is 6.61 Å². The molecule has 1 unspecified atom stereocenters. The molecule has 0 bridgehead atoms. The Labute approximate surface area is 120 Å². The molecule has 20 heavy (non-hydrogen) atoms. The van der Waals surface area contributed by atoms with Crippen LogP contribution in [0.15, 0.2) is 6.07 Å². The molecule has 0 saturated carbocycles. The fourth-order valence-corrected chi connectivity index (χ4v) is 2.58. The largest absolute Gasteiger partial charge is 0.372 e. The lowest BCUT2D eigenvalue weighted by Crippen LogP contribution is -2.41. The SMILES string of the molecule is CC1(C)OC(c2cc(C3CCCCO3)n[nH]2)OC1(C)C. The first-order valence-corrected chi connectivity index (χ1v) is 7.41. The summed E-state index contributed by atoms with van der Waals surface area (Å²) in [5.74, 6) is 0. The summed E-state index contributed by atoms with van der Waals surface area (Å²) in [6.45, 7) is 9.02. The van der Waals surface area contributed by atoms with Gasteiger partial charge in [0.15, 0.2) is 0 Å². The van der Waals surface area contributed by atoms with Crippen LogP contribution in [0.1, 0.15) is 70.7 Å². The van der Waals surface area contributed by atoms with E-state index in [-0.39, 0.29) is 23.6 Å². The Balaban J connectivity index is 1.74. The Bertz CT molecular complexity index is 459. The average molecular weight is 280 g/mol. The molecule has 1 atom stereocenters. The molecule has 1 aromatic rings. The number of nitrogens with one attached hydrogen (secondary N) is 1. The molecule has 2 fully saturated rings. The summed E-state index contributed by atoms with van der Waals surface area (Å²) in [5, 5.41) is 7.41. The maximum Gasteiger partial charge on any atom is 0.201 e. The second kappa shape index (κ2) is 4.83. The Kier molecular flexibility index (Phi) is 3.39. The lowest BCUT2D eigenvalue weighted by Gasteiger charge is -2.30. The van der Waals surface area contributed by atoms with Crippen LogP contribution in [0.25, 0.3) is 0 Å². The van der Waals surface area contributed by atoms with Crippen molar-refractivity contribution in [2.24, 2.45) is 0 Å². The number of H-pyrrole nitrogens is 1. The molecule has 1 aromatic heterocycles. The van der Waals surface area contributed by atoms with Crippen molar-refractivity contribution in [2.75, 3.05) is 6.61 Å². The van der Waals surface area contributed by atoms with Crippen molar-refractivity contribution in [1.29, 1.82) is 0 Å². The summed E-state index contributed by atoms with van der Waals surface area (Å²) in [6, 6.07) is 2.01. The minimum atomic E-state index is -0.384. The third-order valence-electron chi connectivity index (χ3n) is 4.63. The molecule has 0 aliphatic carbocycles. The van der Waals surface area contributed by atoms with E-state index < -0.39 is 0 Å². The predicted molar refractivity (Wildman–Crippen MR) is 74.2 cm³/mol. The smallest absolute Gasteiger partial charge is 0.201 e. The van der Waals surface area contributed by atoms with Crippen molar-refractivity contribution >= 4 is 0 Å². The van der Waals surface area contributed by atoms with Crippen molar-refractivity contribution in [3.05, 3.63) is 17.5 Å². The molecule has 0 aromatic carbocycles. The van der Waals surface area contributed by atoms with Gasteiger partial charge in [-0.1, -0.05) is 0 Å². The molecule has 0 amide bonds. The third-order valence-corrected chi connectivity index (χ3v) is 4.63. The zero-order valence-corrected chi connectivity index (χ0v) is 12.7. The second-order valence-electron chi connectivity index (χ2n) is 6.69. The average Bonchev–Trinajstić information content (AvgIpc) is 2.94. The van der Waals surface area contributed by atoms with Gasteiger partial charge < -0.3 is 14.2 Å². The van der Waals surface area contributed by atoms with Crippen LogP contribution in [-0.4, -0.2) is 28.0 Å². The van der Waals surface area contributed by atoms with E-state index in [0.717, 1.165) is 30.8 Å². The zero-order valence-electron chi connectivity index (χ0n) is 12.7. The maximum absolute atomic E-state index is 6.02. The van der Waals surface area contributed by atoms with Crippen LogP contribution < -0.4 is 0 Å². The fourth-order valence-electron chi connectivity index (χ4n) is 2.58. The van der Waals surface area contributed by atoms with Crippen LogP contribution in [0.2, 0.25) is 0 Å². The second-order valence-corrected chi connectivity index (χ2v) is 6.69. The molecule has 112 valence electrons. The van der Waals surface area contributed by atoms with Crippen LogP contribution in [-0.2, 0) is 14.2 Å². The van der Waals surface area contributed by atoms with Gasteiger partial charge >= 0.3 is 0 Å². The van der Waals surface area contributed by atoms with E-state index in [1.807, 2.05) is 6.07 Å². The van der Waals surface area contributed by atoms with Crippen LogP contribution in [0.4, 0.5) is 0 Å². The van der Waals surface area contributed by atoms with E-state index in [2.05, 4.69) is 37.9 Å². The number of rotatable bonds is 2. The fraction of sp³-hybridized carbons (Fsp3) is 0.800. The van der Waals surface area contributed by atoms with Crippen LogP contribution in [0.3, 0.4) is 0 Å². The Hall–Kier alpha value is -0.910. The molecule has 5 nitrogen and oxygen atoms in total. The van der Waals surface area contributed by atoms with Crippen molar-refractivity contribution in [3.8, 4) is 0 Å². The summed E-state index contributed by atoms with van der Waals surface area (Å²) in [4.78, 5) is 0. The van der Waals surface area contributed by atoms with Crippen molar-refractivity contribution in [1.82, 2.24) is 10.2 Å². The zero-order chi connectivity index (χ0) is 14.4. The number of hydrogen-bond donors (Lipinski definition) is 1. The molecule has 2 saturated heterocycles. The van der Waals surface area contributed by atoms with Gasteiger partial charge in [-0.05, 0) is 53.0 Å². The molecule has 3 rings (SSSR count). The Morgan fingerprint density at radius 1 is 1.15 bits per heavy atom. The molecule has 5 heteroatoms. The van der Waals surface area contributed by atoms with Crippen molar-refractivity contribution in [2.45, 2.75) is 70.6 Å². The summed E-state index contributed by atoms with van der Waals surface area (Å²) >= 11 is 0. The number of nitrogens with zero attached hydrogens (tertiary/aromatic N) is 1. The lowest BCUT2D eigenvalue weighted by molar-refractivity contribution is -0.0923. The van der Waals surface area contributed by atoms with E-state index in [0.29, 0.717) is 0 Å². The quantitative estimate of drug-likeness (QED) is 0.903. The molecular weight excluding hydrogens is 256 g/mol. The molecular formula is C15H24N2O3. The lowest BCUT2D eigenvalue weighted by atomic mass is 9.90. The number of aromatic nitrogens is 2. The molecule has 3 heterocycles. The topological polar surface area (TPSA) is 56.4 Å². The van der Waals surface area contributed by atoms with Gasteiger partial charge in [0.2, 0.25) is 6.29 Å². The van der Waals surface area contributed by atoms with E-state index >= 15 is 0 Å². The first-order valence-electron chi connectivity index (χ1n) is 7.41. The van der Waals surface area contributed by atoms with Gasteiger partial charge in [0.25, 0.3) is 0 Å². The number of hydrogen-bond acceptors (Lipinski definition) is 4. The van der Waals surface area contributed by atoms with E-state index in [4.69, 9.17) is 14.2 Å². The summed E-state index contributed by atoms with van der Waals surface area (Å²) in [6.07, 6.45) is 3.10.